The number of aliphatic hydroxyl groups excluding tert-OH is 1. The molecule has 3 N–H and O–H groups in total. The molecule has 3 amide bonds. The van der Waals surface area contributed by atoms with Gasteiger partial charge in [-0.15, -0.1) is 0 Å². The molecule has 0 spiro atoms. The Labute approximate surface area is 218 Å². The molecule has 2 aliphatic heterocycles. The number of aromatic amines is 1. The van der Waals surface area contributed by atoms with Gasteiger partial charge < -0.3 is 20.1 Å². The number of hydrogen-bond acceptors (Lipinski definition) is 5. The number of aliphatic hydroxyl groups is 1. The molecule has 3 heterocycles. The average Bonchev–Trinajstić information content (AvgIpc) is 3.29. The van der Waals surface area contributed by atoms with E-state index in [1.165, 1.54) is 4.90 Å². The highest BCUT2D eigenvalue weighted by Crippen LogP contribution is 2.49. The molecule has 3 aromatic rings. The van der Waals surface area contributed by atoms with Crippen LogP contribution >= 0.6 is 15.9 Å². The van der Waals surface area contributed by atoms with Crippen molar-refractivity contribution in [2.45, 2.75) is 38.3 Å². The molecule has 2 unspecified atom stereocenters. The molecule has 0 aliphatic carbocycles. The number of fused-ring (bicyclic) bond motifs is 4. The van der Waals surface area contributed by atoms with Crippen LogP contribution in [-0.2, 0) is 11.2 Å². The first-order valence-electron chi connectivity index (χ1n) is 12.4. The lowest BCUT2D eigenvalue weighted by atomic mass is 9.81. The van der Waals surface area contributed by atoms with Gasteiger partial charge in [0.05, 0.1) is 6.61 Å². The molecule has 2 aromatic carbocycles. The molecule has 2 aliphatic rings. The van der Waals surface area contributed by atoms with Crippen LogP contribution in [0.4, 0.5) is 4.79 Å². The molecule has 190 valence electrons. The maximum atomic E-state index is 13.9. The van der Waals surface area contributed by atoms with E-state index in [9.17, 15) is 19.8 Å². The number of H-pyrrole nitrogens is 1. The molecule has 1 saturated heterocycles. The predicted molar refractivity (Wildman–Crippen MR) is 141 cm³/mol. The second-order valence-electron chi connectivity index (χ2n) is 9.78. The highest BCUT2D eigenvalue weighted by molar-refractivity contribution is 9.10. The number of phenolic OH excluding ortho intramolecular Hbond substituents is 1. The van der Waals surface area contributed by atoms with Crippen LogP contribution in [0.1, 0.15) is 43.1 Å². The Morgan fingerprint density at radius 2 is 2.00 bits per heavy atom. The van der Waals surface area contributed by atoms with Gasteiger partial charge in [0.25, 0.3) is 5.91 Å². The van der Waals surface area contributed by atoms with E-state index in [0.29, 0.717) is 32.5 Å². The highest BCUT2D eigenvalue weighted by atomic mass is 79.9. The van der Waals surface area contributed by atoms with Crippen LogP contribution in [0.3, 0.4) is 0 Å². The van der Waals surface area contributed by atoms with Crippen LogP contribution in [0.2, 0.25) is 0 Å². The largest absolute Gasteiger partial charge is 0.508 e. The first-order chi connectivity index (χ1) is 17.3. The Morgan fingerprint density at radius 3 is 2.72 bits per heavy atom. The fraction of sp³-hybridized carbons (Fsp3) is 0.407. The molecule has 2 atom stereocenters. The topological polar surface area (TPSA) is 100 Å². The third-order valence-electron chi connectivity index (χ3n) is 7.53. The van der Waals surface area contributed by atoms with Crippen LogP contribution in [0.15, 0.2) is 46.9 Å². The molecule has 1 fully saturated rings. The van der Waals surface area contributed by atoms with Crippen molar-refractivity contribution in [3.63, 3.8) is 0 Å². The summed E-state index contributed by atoms with van der Waals surface area (Å²) >= 11 is 3.57. The zero-order valence-electron chi connectivity index (χ0n) is 20.5. The highest BCUT2D eigenvalue weighted by Gasteiger charge is 2.60. The molecule has 5 rings (SSSR count). The Hall–Kier alpha value is -2.88. The van der Waals surface area contributed by atoms with Crippen LogP contribution in [0.25, 0.3) is 10.9 Å². The molecule has 1 aromatic heterocycles. The van der Waals surface area contributed by atoms with Gasteiger partial charge in [0.1, 0.15) is 17.3 Å². The SMILES string of the molecule is CCN(CCO)CCCN1C(=O)N2C(c3cccc(O)c3)c3[nH]c4ccc(Br)cc4c3CC2(C)C1=O. The van der Waals surface area contributed by atoms with Gasteiger partial charge in [0, 0.05) is 40.6 Å². The molecular weight excluding hydrogens is 524 g/mol. The van der Waals surface area contributed by atoms with E-state index in [1.807, 2.05) is 38.1 Å². The van der Waals surface area contributed by atoms with Gasteiger partial charge in [-0.2, -0.15) is 0 Å². The summed E-state index contributed by atoms with van der Waals surface area (Å²) in [6.07, 6.45) is 1.04. The van der Waals surface area contributed by atoms with Gasteiger partial charge in [-0.1, -0.05) is 35.0 Å². The van der Waals surface area contributed by atoms with E-state index in [2.05, 4.69) is 25.8 Å². The molecule has 0 bridgehead atoms. The first-order valence-corrected chi connectivity index (χ1v) is 13.1. The number of rotatable bonds is 8. The molecule has 0 radical (unpaired) electrons. The lowest BCUT2D eigenvalue weighted by Crippen LogP contribution is -2.53. The molecule has 8 nitrogen and oxygen atoms in total. The number of urea groups is 1. The summed E-state index contributed by atoms with van der Waals surface area (Å²) in [5, 5.41) is 20.5. The number of imide groups is 1. The van der Waals surface area contributed by atoms with Crippen LogP contribution in [0.5, 0.6) is 5.75 Å². The van der Waals surface area contributed by atoms with Gasteiger partial charge >= 0.3 is 6.03 Å². The Kier molecular flexibility index (Phi) is 6.57. The van der Waals surface area contributed by atoms with Crippen molar-refractivity contribution in [1.82, 2.24) is 19.7 Å². The fourth-order valence-corrected chi connectivity index (χ4v) is 6.11. The minimum Gasteiger partial charge on any atom is -0.508 e. The standard InChI is InChI=1S/C27H31BrN4O4/c1-3-30(12-13-33)10-5-11-31-25(35)27(2)16-21-20-15-18(28)8-9-22(20)29-23(21)24(32(27)26(31)36)17-6-4-7-19(34)14-17/h4,6-9,14-15,24,29,33-34H,3,5,10-13,16H2,1-2H3. The van der Waals surface area contributed by atoms with Crippen LogP contribution < -0.4 is 0 Å². The maximum Gasteiger partial charge on any atom is 0.328 e. The van der Waals surface area contributed by atoms with Gasteiger partial charge in [0.15, 0.2) is 0 Å². The predicted octanol–water partition coefficient (Wildman–Crippen LogP) is 4.01. The lowest BCUT2D eigenvalue weighted by molar-refractivity contribution is -0.133. The number of phenols is 1. The van der Waals surface area contributed by atoms with E-state index in [4.69, 9.17) is 0 Å². The Morgan fingerprint density at radius 1 is 1.19 bits per heavy atom. The summed E-state index contributed by atoms with van der Waals surface area (Å²) in [5.41, 5.74) is 2.53. The van der Waals surface area contributed by atoms with E-state index >= 15 is 0 Å². The van der Waals surface area contributed by atoms with Crippen molar-refractivity contribution in [1.29, 1.82) is 0 Å². The third-order valence-corrected chi connectivity index (χ3v) is 8.03. The van der Waals surface area contributed by atoms with Crippen molar-refractivity contribution in [3.05, 3.63) is 63.8 Å². The summed E-state index contributed by atoms with van der Waals surface area (Å²) in [6, 6.07) is 12.1. The molecule has 36 heavy (non-hydrogen) atoms. The Bertz CT molecular complexity index is 1320. The average molecular weight is 555 g/mol. The minimum absolute atomic E-state index is 0.0781. The number of nitrogens with one attached hydrogen (secondary N) is 1. The monoisotopic (exact) mass is 554 g/mol. The van der Waals surface area contributed by atoms with Gasteiger partial charge in [-0.3, -0.25) is 14.6 Å². The maximum absolute atomic E-state index is 13.9. The quantitative estimate of drug-likeness (QED) is 0.365. The van der Waals surface area contributed by atoms with Crippen molar-refractivity contribution < 1.29 is 19.8 Å². The normalized spacial score (nSPS) is 21.5. The molecular formula is C27H31BrN4O4. The fourth-order valence-electron chi connectivity index (χ4n) is 5.75. The zero-order valence-corrected chi connectivity index (χ0v) is 22.1. The number of halogens is 1. The Balaban J connectivity index is 1.56. The van der Waals surface area contributed by atoms with E-state index in [-0.39, 0.29) is 24.3 Å². The lowest BCUT2D eigenvalue weighted by Gasteiger charge is -2.42. The van der Waals surface area contributed by atoms with Gasteiger partial charge in [-0.25, -0.2) is 4.79 Å². The van der Waals surface area contributed by atoms with E-state index in [0.717, 1.165) is 38.7 Å². The van der Waals surface area contributed by atoms with Crippen molar-refractivity contribution in [2.75, 3.05) is 32.8 Å². The number of carbonyl (C=O) groups excluding carboxylic acids is 2. The van der Waals surface area contributed by atoms with E-state index in [1.54, 1.807) is 23.1 Å². The molecule has 9 heteroatoms. The summed E-state index contributed by atoms with van der Waals surface area (Å²) < 4.78 is 0.942. The summed E-state index contributed by atoms with van der Waals surface area (Å²) in [5.74, 6) is -0.0867. The van der Waals surface area contributed by atoms with Crippen LogP contribution in [0, 0.1) is 0 Å². The summed E-state index contributed by atoms with van der Waals surface area (Å²) in [4.78, 5) is 36.4. The number of hydrogen-bond donors (Lipinski definition) is 3. The van der Waals surface area contributed by atoms with Crippen LogP contribution in [-0.4, -0.2) is 80.2 Å². The van der Waals surface area contributed by atoms with Crippen molar-refractivity contribution >= 4 is 38.8 Å². The molecule has 0 saturated carbocycles. The third kappa shape index (κ3) is 3.99. The minimum atomic E-state index is -1.05. The number of aromatic nitrogens is 1. The van der Waals surface area contributed by atoms with Gasteiger partial charge in [0.2, 0.25) is 0 Å². The number of nitrogens with zero attached hydrogens (tertiary/aromatic N) is 3. The van der Waals surface area contributed by atoms with Crippen molar-refractivity contribution in [2.24, 2.45) is 0 Å². The van der Waals surface area contributed by atoms with E-state index < -0.39 is 11.6 Å². The number of amides is 3. The number of benzene rings is 2. The second kappa shape index (κ2) is 9.53. The number of aromatic hydroxyl groups is 1. The smallest absolute Gasteiger partial charge is 0.328 e. The summed E-state index contributed by atoms with van der Waals surface area (Å²) in [6.45, 7) is 6.33. The summed E-state index contributed by atoms with van der Waals surface area (Å²) in [7, 11) is 0. The van der Waals surface area contributed by atoms with Gasteiger partial charge in [-0.05, 0) is 67.9 Å². The number of likely N-dealkylation sites (N-methyl/N-ethyl adjacent to an activating group) is 1. The number of carbonyl (C=O) groups is 2. The first kappa shape index (κ1) is 24.8. The zero-order chi connectivity index (χ0) is 25.6. The van der Waals surface area contributed by atoms with Crippen molar-refractivity contribution in [3.8, 4) is 5.75 Å². The second-order valence-corrected chi connectivity index (χ2v) is 10.7.